The first-order valence-corrected chi connectivity index (χ1v) is 18.5. The van der Waals surface area contributed by atoms with Gasteiger partial charge in [-0.3, -0.25) is 0 Å². The average Bonchev–Trinajstić information content (AvgIpc) is 3.59. The largest absolute Gasteiger partial charge is 0.309 e. The Morgan fingerprint density at radius 3 is 1.44 bits per heavy atom. The molecule has 0 amide bonds. The van der Waals surface area contributed by atoms with Crippen LogP contribution in [-0.4, -0.2) is 14.5 Å². The van der Waals surface area contributed by atoms with E-state index >= 15 is 0 Å². The van der Waals surface area contributed by atoms with E-state index in [1.165, 1.54) is 21.5 Å². The molecule has 11 rings (SSSR count). The van der Waals surface area contributed by atoms with E-state index in [4.69, 9.17) is 9.97 Å². The molecule has 0 bridgehead atoms. The topological polar surface area (TPSA) is 54.5 Å². The average molecular weight is 699 g/mol. The lowest BCUT2D eigenvalue weighted by Crippen LogP contribution is -1.96. The van der Waals surface area contributed by atoms with Crippen molar-refractivity contribution >= 4 is 54.1 Å². The minimum Gasteiger partial charge on any atom is -0.309 e. The number of aromatic nitrogens is 3. The number of fused-ring (bicyclic) bond motifs is 3. The lowest BCUT2D eigenvalue weighted by atomic mass is 9.90. The Morgan fingerprint density at radius 2 is 0.891 bits per heavy atom. The molecule has 0 fully saturated rings. The Morgan fingerprint density at radius 1 is 0.400 bits per heavy atom. The summed E-state index contributed by atoms with van der Waals surface area (Å²) in [6.45, 7) is 0. The molecule has 0 aliphatic carbocycles. The van der Waals surface area contributed by atoms with Crippen LogP contribution in [-0.2, 0) is 0 Å². The smallest absolute Gasteiger partial charge is 0.160 e. The van der Waals surface area contributed by atoms with Gasteiger partial charge in [-0.15, -0.1) is 0 Å². The summed E-state index contributed by atoms with van der Waals surface area (Å²) in [4.78, 5) is 10.2. The van der Waals surface area contributed by atoms with Crippen LogP contribution in [0.3, 0.4) is 0 Å². The number of nitrogens with zero attached hydrogens (tertiary/aromatic N) is 4. The molecular weight excluding hydrogens is 669 g/mol. The van der Waals surface area contributed by atoms with Crippen LogP contribution < -0.4 is 0 Å². The molecule has 0 saturated heterocycles. The fraction of sp³-hybridized carbons (Fsp3) is 0. The SMILES string of the molecule is N#Cc1ccc2c(c1)c1cc(-c3cc4ccc5cc(-c6nc(-c7ccccc7)cc(-c7ccccc7)n6)cc6ccc(c3)c4c56)ccc1n2-c1ccccc1. The van der Waals surface area contributed by atoms with Gasteiger partial charge in [0.1, 0.15) is 0 Å². The summed E-state index contributed by atoms with van der Waals surface area (Å²) in [5, 5.41) is 19.2. The third-order valence-corrected chi connectivity index (χ3v) is 10.9. The Labute approximate surface area is 317 Å². The molecule has 0 saturated carbocycles. The van der Waals surface area contributed by atoms with Crippen LogP contribution in [0.2, 0.25) is 0 Å². The van der Waals surface area contributed by atoms with E-state index in [-0.39, 0.29) is 0 Å². The number of nitriles is 1. The molecule has 254 valence electrons. The van der Waals surface area contributed by atoms with Gasteiger partial charge in [-0.25, -0.2) is 9.97 Å². The third-order valence-electron chi connectivity index (χ3n) is 10.9. The third kappa shape index (κ3) is 5.06. The highest BCUT2D eigenvalue weighted by atomic mass is 15.0. The van der Waals surface area contributed by atoms with E-state index in [9.17, 15) is 5.26 Å². The maximum Gasteiger partial charge on any atom is 0.160 e. The van der Waals surface area contributed by atoms with Gasteiger partial charge < -0.3 is 4.57 Å². The van der Waals surface area contributed by atoms with Crippen LogP contribution in [0.4, 0.5) is 0 Å². The van der Waals surface area contributed by atoms with Gasteiger partial charge in [0.15, 0.2) is 5.82 Å². The molecular formula is C51H30N4. The number of rotatable bonds is 5. The van der Waals surface area contributed by atoms with Crippen LogP contribution in [0.15, 0.2) is 182 Å². The first-order valence-electron chi connectivity index (χ1n) is 18.5. The van der Waals surface area contributed by atoms with Crippen LogP contribution in [0.1, 0.15) is 5.56 Å². The van der Waals surface area contributed by atoms with Gasteiger partial charge in [0.05, 0.1) is 34.1 Å². The highest BCUT2D eigenvalue weighted by molar-refractivity contribution is 6.24. The molecule has 0 aliphatic heterocycles. The molecule has 11 aromatic rings. The Bertz CT molecular complexity index is 3180. The van der Waals surface area contributed by atoms with Crippen molar-refractivity contribution in [3.8, 4) is 56.8 Å². The van der Waals surface area contributed by atoms with Gasteiger partial charge in [-0.05, 0) is 116 Å². The number of para-hydroxylation sites is 1. The van der Waals surface area contributed by atoms with Crippen LogP contribution in [0.25, 0.3) is 105 Å². The molecule has 4 nitrogen and oxygen atoms in total. The van der Waals surface area contributed by atoms with E-state index in [0.29, 0.717) is 11.4 Å². The number of benzene rings is 9. The zero-order valence-electron chi connectivity index (χ0n) is 29.6. The normalized spacial score (nSPS) is 11.6. The highest BCUT2D eigenvalue weighted by Gasteiger charge is 2.17. The van der Waals surface area contributed by atoms with Crippen LogP contribution >= 0.6 is 0 Å². The van der Waals surface area contributed by atoms with Crippen molar-refractivity contribution < 1.29 is 0 Å². The van der Waals surface area contributed by atoms with Gasteiger partial charge in [0.2, 0.25) is 0 Å². The van der Waals surface area contributed by atoms with E-state index in [0.717, 1.165) is 77.5 Å². The van der Waals surface area contributed by atoms with Crippen molar-refractivity contribution in [1.29, 1.82) is 5.26 Å². The van der Waals surface area contributed by atoms with Crippen LogP contribution in [0.5, 0.6) is 0 Å². The molecule has 55 heavy (non-hydrogen) atoms. The number of hydrogen-bond acceptors (Lipinski definition) is 3. The second kappa shape index (κ2) is 12.2. The first kappa shape index (κ1) is 31.0. The van der Waals surface area contributed by atoms with Gasteiger partial charge in [0, 0.05) is 33.2 Å². The second-order valence-electron chi connectivity index (χ2n) is 14.2. The summed E-state index contributed by atoms with van der Waals surface area (Å²) >= 11 is 0. The maximum absolute atomic E-state index is 9.78. The predicted molar refractivity (Wildman–Crippen MR) is 227 cm³/mol. The molecule has 0 unspecified atom stereocenters. The van der Waals surface area contributed by atoms with Gasteiger partial charge in [0.25, 0.3) is 0 Å². The first-order chi connectivity index (χ1) is 27.2. The molecule has 0 atom stereocenters. The van der Waals surface area contributed by atoms with E-state index in [2.05, 4.69) is 138 Å². The predicted octanol–water partition coefficient (Wildman–Crippen LogP) is 13.0. The lowest BCUT2D eigenvalue weighted by molar-refractivity contribution is 1.18. The standard InChI is InChI=1S/C51H30N4/c52-31-32-16-22-47-43(24-32)44-29-35(21-23-48(44)55(47)42-14-8-3-9-15-42)40-25-36-17-19-38-27-41(28-39-20-18-37(26-40)49(36)50(38)39)51-53-45(33-10-4-1-5-11-33)30-46(54-51)34-12-6-2-7-13-34/h1-30H. The number of hydrogen-bond donors (Lipinski definition) is 0. The molecule has 0 radical (unpaired) electrons. The van der Waals surface area contributed by atoms with Crippen molar-refractivity contribution in [2.75, 3.05) is 0 Å². The Kier molecular flexibility index (Phi) is 6.89. The molecule has 2 aromatic heterocycles. The van der Waals surface area contributed by atoms with E-state index in [1.54, 1.807) is 0 Å². The summed E-state index contributed by atoms with van der Waals surface area (Å²) in [7, 11) is 0. The quantitative estimate of drug-likeness (QED) is 0.168. The summed E-state index contributed by atoms with van der Waals surface area (Å²) < 4.78 is 2.29. The molecule has 0 spiro atoms. The van der Waals surface area contributed by atoms with Crippen molar-refractivity contribution in [2.24, 2.45) is 0 Å². The van der Waals surface area contributed by atoms with Gasteiger partial charge in [-0.2, -0.15) is 5.26 Å². The van der Waals surface area contributed by atoms with Gasteiger partial charge in [-0.1, -0.05) is 109 Å². The molecule has 0 N–H and O–H groups in total. The summed E-state index contributed by atoms with van der Waals surface area (Å²) in [6.07, 6.45) is 0. The van der Waals surface area contributed by atoms with E-state index < -0.39 is 0 Å². The van der Waals surface area contributed by atoms with Crippen molar-refractivity contribution in [3.05, 3.63) is 188 Å². The Balaban J connectivity index is 1.05. The fourth-order valence-corrected chi connectivity index (χ4v) is 8.35. The minimum absolute atomic E-state index is 0.656. The zero-order chi connectivity index (χ0) is 36.5. The monoisotopic (exact) mass is 698 g/mol. The van der Waals surface area contributed by atoms with Crippen molar-refractivity contribution in [1.82, 2.24) is 14.5 Å². The molecule has 0 aliphatic rings. The lowest BCUT2D eigenvalue weighted by Gasteiger charge is -2.15. The second-order valence-corrected chi connectivity index (χ2v) is 14.2. The van der Waals surface area contributed by atoms with Gasteiger partial charge >= 0.3 is 0 Å². The minimum atomic E-state index is 0.656. The van der Waals surface area contributed by atoms with E-state index in [1.807, 2.05) is 54.6 Å². The summed E-state index contributed by atoms with van der Waals surface area (Å²) in [6, 6.07) is 66.2. The highest BCUT2D eigenvalue weighted by Crippen LogP contribution is 2.41. The Hall–Kier alpha value is -7.61. The zero-order valence-corrected chi connectivity index (χ0v) is 29.6. The fourth-order valence-electron chi connectivity index (χ4n) is 8.35. The molecule has 2 heterocycles. The maximum atomic E-state index is 9.78. The molecule has 4 heteroatoms. The summed E-state index contributed by atoms with van der Waals surface area (Å²) in [5.41, 5.74) is 11.2. The molecule has 9 aromatic carbocycles. The van der Waals surface area contributed by atoms with Crippen molar-refractivity contribution in [3.63, 3.8) is 0 Å². The van der Waals surface area contributed by atoms with Crippen LogP contribution in [0, 0.1) is 11.3 Å². The van der Waals surface area contributed by atoms with Crippen molar-refractivity contribution in [2.45, 2.75) is 0 Å². The summed E-state index contributed by atoms with van der Waals surface area (Å²) in [5.74, 6) is 0.707.